The molecule has 1 fully saturated rings. The third kappa shape index (κ3) is 3.28. The number of nitrogens with zero attached hydrogens (tertiary/aromatic N) is 2. The van der Waals surface area contributed by atoms with Crippen LogP contribution in [0, 0.1) is 12.8 Å². The van der Waals surface area contributed by atoms with Gasteiger partial charge in [-0.15, -0.1) is 0 Å². The van der Waals surface area contributed by atoms with Crippen molar-refractivity contribution in [1.29, 1.82) is 0 Å². The third-order valence-electron chi connectivity index (χ3n) is 2.62. The molecule has 0 atom stereocenters. The molecule has 1 N–H and O–H groups in total. The fourth-order valence-corrected chi connectivity index (χ4v) is 1.75. The maximum absolute atomic E-state index is 5.30. The van der Waals surface area contributed by atoms with E-state index in [2.05, 4.69) is 15.5 Å². The molecule has 0 radical (unpaired) electrons. The summed E-state index contributed by atoms with van der Waals surface area (Å²) in [5, 5.41) is 7.07. The molecule has 1 aromatic heterocycles. The third-order valence-corrected chi connectivity index (χ3v) is 2.62. The van der Waals surface area contributed by atoms with Gasteiger partial charge in [0.1, 0.15) is 0 Å². The lowest BCUT2D eigenvalue weighted by atomic mass is 10.0. The Hall–Kier alpha value is -0.940. The first kappa shape index (κ1) is 10.6. The first-order valence-corrected chi connectivity index (χ1v) is 5.42. The van der Waals surface area contributed by atoms with Gasteiger partial charge in [0.2, 0.25) is 5.89 Å². The summed E-state index contributed by atoms with van der Waals surface area (Å²) in [6, 6.07) is 0. The highest BCUT2D eigenvalue weighted by molar-refractivity contribution is 4.82. The molecule has 2 rings (SSSR count). The fourth-order valence-electron chi connectivity index (χ4n) is 1.75. The molecule has 0 unspecified atom stereocenters. The second-order valence-electron chi connectivity index (χ2n) is 3.92. The largest absolute Gasteiger partial charge is 0.381 e. The molecule has 0 amide bonds. The average molecular weight is 211 g/mol. The van der Waals surface area contributed by atoms with E-state index in [0.29, 0.717) is 18.3 Å². The van der Waals surface area contributed by atoms with Gasteiger partial charge in [-0.1, -0.05) is 5.16 Å². The van der Waals surface area contributed by atoms with E-state index in [9.17, 15) is 0 Å². The van der Waals surface area contributed by atoms with Crippen LogP contribution in [0.5, 0.6) is 0 Å². The Bertz CT molecular complexity index is 295. The predicted octanol–water partition coefficient (Wildman–Crippen LogP) is 0.894. The molecule has 0 bridgehead atoms. The monoisotopic (exact) mass is 211 g/mol. The summed E-state index contributed by atoms with van der Waals surface area (Å²) in [6.07, 6.45) is 2.30. The Morgan fingerprint density at radius 2 is 2.20 bits per heavy atom. The molecule has 15 heavy (non-hydrogen) atoms. The van der Waals surface area contributed by atoms with Gasteiger partial charge in [0.15, 0.2) is 5.82 Å². The van der Waals surface area contributed by atoms with Crippen molar-refractivity contribution in [2.75, 3.05) is 19.8 Å². The van der Waals surface area contributed by atoms with Crippen molar-refractivity contribution >= 4 is 0 Å². The number of hydrogen-bond acceptors (Lipinski definition) is 5. The van der Waals surface area contributed by atoms with Crippen LogP contribution in [0.2, 0.25) is 0 Å². The van der Waals surface area contributed by atoms with E-state index in [-0.39, 0.29) is 0 Å². The maximum Gasteiger partial charge on any atom is 0.240 e. The van der Waals surface area contributed by atoms with Crippen LogP contribution in [0.1, 0.15) is 24.6 Å². The van der Waals surface area contributed by atoms with Gasteiger partial charge in [0, 0.05) is 13.2 Å². The second-order valence-corrected chi connectivity index (χ2v) is 3.92. The van der Waals surface area contributed by atoms with Gasteiger partial charge in [-0.3, -0.25) is 0 Å². The molecule has 1 saturated heterocycles. The Morgan fingerprint density at radius 1 is 1.40 bits per heavy atom. The van der Waals surface area contributed by atoms with E-state index in [0.717, 1.165) is 38.5 Å². The lowest BCUT2D eigenvalue weighted by Gasteiger charge is -2.21. The smallest absolute Gasteiger partial charge is 0.240 e. The molecule has 0 aliphatic carbocycles. The van der Waals surface area contributed by atoms with Gasteiger partial charge < -0.3 is 14.6 Å². The van der Waals surface area contributed by atoms with Crippen LogP contribution in [-0.4, -0.2) is 29.9 Å². The van der Waals surface area contributed by atoms with E-state index >= 15 is 0 Å². The molecule has 1 aliphatic rings. The lowest BCUT2D eigenvalue weighted by molar-refractivity contribution is 0.0660. The lowest BCUT2D eigenvalue weighted by Crippen LogP contribution is -2.27. The van der Waals surface area contributed by atoms with Gasteiger partial charge in [0.25, 0.3) is 0 Å². The van der Waals surface area contributed by atoms with Crippen molar-refractivity contribution < 1.29 is 9.26 Å². The van der Waals surface area contributed by atoms with Crippen molar-refractivity contribution in [2.24, 2.45) is 5.92 Å². The number of hydrogen-bond donors (Lipinski definition) is 1. The zero-order valence-corrected chi connectivity index (χ0v) is 9.03. The van der Waals surface area contributed by atoms with Gasteiger partial charge >= 0.3 is 0 Å². The first-order chi connectivity index (χ1) is 7.34. The van der Waals surface area contributed by atoms with Crippen LogP contribution in [-0.2, 0) is 11.3 Å². The van der Waals surface area contributed by atoms with E-state index in [1.54, 1.807) is 0 Å². The second kappa shape index (κ2) is 5.23. The molecule has 5 nitrogen and oxygen atoms in total. The van der Waals surface area contributed by atoms with Crippen molar-refractivity contribution in [2.45, 2.75) is 26.3 Å². The number of aromatic nitrogens is 2. The Kier molecular flexibility index (Phi) is 3.69. The molecule has 84 valence electrons. The normalized spacial score (nSPS) is 18.2. The molecule has 1 aromatic rings. The minimum Gasteiger partial charge on any atom is -0.381 e. The molecule has 1 aliphatic heterocycles. The van der Waals surface area contributed by atoms with E-state index < -0.39 is 0 Å². The Morgan fingerprint density at radius 3 is 2.87 bits per heavy atom. The highest BCUT2D eigenvalue weighted by atomic mass is 16.5. The summed E-state index contributed by atoms with van der Waals surface area (Å²) < 4.78 is 10.3. The minimum atomic E-state index is 0.665. The zero-order chi connectivity index (χ0) is 10.5. The minimum absolute atomic E-state index is 0.665. The first-order valence-electron chi connectivity index (χ1n) is 5.42. The van der Waals surface area contributed by atoms with Crippen LogP contribution >= 0.6 is 0 Å². The predicted molar refractivity (Wildman–Crippen MR) is 54.3 cm³/mol. The summed E-state index contributed by atoms with van der Waals surface area (Å²) >= 11 is 0. The summed E-state index contributed by atoms with van der Waals surface area (Å²) in [7, 11) is 0. The molecule has 0 aromatic carbocycles. The van der Waals surface area contributed by atoms with Crippen molar-refractivity contribution in [3.8, 4) is 0 Å². The number of rotatable bonds is 4. The fraction of sp³-hybridized carbons (Fsp3) is 0.800. The quantitative estimate of drug-likeness (QED) is 0.801. The standard InChI is InChI=1S/C10H17N3O2/c1-8-12-10(15-13-8)7-11-6-9-2-4-14-5-3-9/h9,11H,2-7H2,1H3. The highest BCUT2D eigenvalue weighted by Gasteiger charge is 2.13. The van der Waals surface area contributed by atoms with Crippen LogP contribution in [0.3, 0.4) is 0 Å². The Balaban J connectivity index is 1.65. The highest BCUT2D eigenvalue weighted by Crippen LogP contribution is 2.13. The molecular formula is C10H17N3O2. The van der Waals surface area contributed by atoms with Gasteiger partial charge in [-0.25, -0.2) is 0 Å². The van der Waals surface area contributed by atoms with Crippen molar-refractivity contribution in [1.82, 2.24) is 15.5 Å². The van der Waals surface area contributed by atoms with Gasteiger partial charge in [-0.05, 0) is 32.2 Å². The molecule has 2 heterocycles. The van der Waals surface area contributed by atoms with Crippen LogP contribution < -0.4 is 5.32 Å². The number of aryl methyl sites for hydroxylation is 1. The average Bonchev–Trinajstić information content (AvgIpc) is 2.66. The summed E-state index contributed by atoms with van der Waals surface area (Å²) in [5.74, 6) is 2.08. The van der Waals surface area contributed by atoms with Gasteiger partial charge in [0.05, 0.1) is 6.54 Å². The van der Waals surface area contributed by atoms with E-state index in [4.69, 9.17) is 9.26 Å². The Labute approximate surface area is 89.2 Å². The molecule has 0 saturated carbocycles. The van der Waals surface area contributed by atoms with E-state index in [1.165, 1.54) is 0 Å². The molecule has 5 heteroatoms. The summed E-state index contributed by atoms with van der Waals surface area (Å²) in [5.41, 5.74) is 0. The molecule has 0 spiro atoms. The number of ether oxygens (including phenoxy) is 1. The summed E-state index contributed by atoms with van der Waals surface area (Å²) in [6.45, 7) is 5.28. The molecular weight excluding hydrogens is 194 g/mol. The number of nitrogens with one attached hydrogen (secondary N) is 1. The zero-order valence-electron chi connectivity index (χ0n) is 9.03. The van der Waals surface area contributed by atoms with Gasteiger partial charge in [-0.2, -0.15) is 4.98 Å². The van der Waals surface area contributed by atoms with Crippen molar-refractivity contribution in [3.63, 3.8) is 0 Å². The van der Waals surface area contributed by atoms with Crippen molar-refractivity contribution in [3.05, 3.63) is 11.7 Å². The maximum atomic E-state index is 5.30. The van der Waals surface area contributed by atoms with Crippen LogP contribution in [0.15, 0.2) is 4.52 Å². The van der Waals surface area contributed by atoms with Crippen LogP contribution in [0.4, 0.5) is 0 Å². The SMILES string of the molecule is Cc1noc(CNCC2CCOCC2)n1. The van der Waals surface area contributed by atoms with Crippen LogP contribution in [0.25, 0.3) is 0 Å². The topological polar surface area (TPSA) is 60.2 Å². The van der Waals surface area contributed by atoms with E-state index in [1.807, 2.05) is 6.92 Å². The summed E-state index contributed by atoms with van der Waals surface area (Å²) in [4.78, 5) is 4.13.